The largest absolute Gasteiger partial charge is 0.497 e. The van der Waals surface area contributed by atoms with Crippen LogP contribution in [0.5, 0.6) is 17.2 Å². The van der Waals surface area contributed by atoms with Crippen molar-refractivity contribution in [1.29, 1.82) is 0 Å². The Hall–Kier alpha value is -4.33. The summed E-state index contributed by atoms with van der Waals surface area (Å²) in [6.07, 6.45) is 0. The fourth-order valence-electron chi connectivity index (χ4n) is 3.15. The number of carbonyl (C=O) groups is 1. The normalized spacial score (nSPS) is 10.5. The summed E-state index contributed by atoms with van der Waals surface area (Å²) >= 11 is 0. The molecule has 0 radical (unpaired) electrons. The molecule has 1 N–H and O–H groups in total. The van der Waals surface area contributed by atoms with Crippen molar-refractivity contribution in [3.05, 3.63) is 89.8 Å². The molecule has 8 heteroatoms. The highest BCUT2D eigenvalue weighted by atomic mass is 16.5. The summed E-state index contributed by atoms with van der Waals surface area (Å²) in [5.41, 5.74) is 2.17. The van der Waals surface area contributed by atoms with E-state index >= 15 is 0 Å². The van der Waals surface area contributed by atoms with Crippen LogP contribution in [0.1, 0.15) is 21.8 Å². The summed E-state index contributed by atoms with van der Waals surface area (Å²) in [5.74, 6) is 2.17. The number of rotatable bonds is 9. The van der Waals surface area contributed by atoms with Crippen LogP contribution in [0.3, 0.4) is 0 Å². The predicted molar refractivity (Wildman–Crippen MR) is 121 cm³/mol. The topological polar surface area (TPSA) is 95.7 Å². The molecule has 1 amide bonds. The van der Waals surface area contributed by atoms with Gasteiger partial charge in [0.15, 0.2) is 0 Å². The van der Waals surface area contributed by atoms with Gasteiger partial charge in [-0.3, -0.25) is 4.79 Å². The van der Waals surface area contributed by atoms with E-state index in [0.717, 1.165) is 5.56 Å². The van der Waals surface area contributed by atoms with E-state index in [9.17, 15) is 4.79 Å². The van der Waals surface area contributed by atoms with Crippen LogP contribution in [0.2, 0.25) is 0 Å². The highest BCUT2D eigenvalue weighted by Crippen LogP contribution is 2.31. The predicted octanol–water partition coefficient (Wildman–Crippen LogP) is 4.26. The molecule has 4 aromatic rings. The van der Waals surface area contributed by atoms with Crippen molar-refractivity contribution in [3.63, 3.8) is 0 Å². The summed E-state index contributed by atoms with van der Waals surface area (Å²) < 4.78 is 21.7. The van der Waals surface area contributed by atoms with E-state index < -0.39 is 0 Å². The lowest BCUT2D eigenvalue weighted by atomic mass is 10.2. The quantitative estimate of drug-likeness (QED) is 0.411. The summed E-state index contributed by atoms with van der Waals surface area (Å²) in [6, 6.07) is 22.1. The highest BCUT2D eigenvalue weighted by Gasteiger charge is 2.15. The lowest BCUT2D eigenvalue weighted by molar-refractivity contribution is 0.0945. The number of hydrogen-bond donors (Lipinski definition) is 1. The lowest BCUT2D eigenvalue weighted by Gasteiger charge is -2.08. The molecule has 1 heterocycles. The van der Waals surface area contributed by atoms with Gasteiger partial charge in [0.05, 0.1) is 26.3 Å². The SMILES string of the molecule is COc1ccc(-c2noc(CNC(=O)c3cccc(OCc4ccccc4)c3)n2)c(OC)c1. The highest BCUT2D eigenvalue weighted by molar-refractivity contribution is 5.94. The van der Waals surface area contributed by atoms with E-state index in [1.165, 1.54) is 0 Å². The first-order valence-electron chi connectivity index (χ1n) is 10.3. The van der Waals surface area contributed by atoms with Crippen LogP contribution in [0.25, 0.3) is 11.4 Å². The van der Waals surface area contributed by atoms with Gasteiger partial charge < -0.3 is 24.1 Å². The number of amides is 1. The molecule has 0 saturated carbocycles. The van der Waals surface area contributed by atoms with Crippen molar-refractivity contribution < 1.29 is 23.5 Å². The maximum absolute atomic E-state index is 12.6. The molecule has 0 unspecified atom stereocenters. The van der Waals surface area contributed by atoms with Gasteiger partial charge in [-0.2, -0.15) is 4.98 Å². The number of hydrogen-bond acceptors (Lipinski definition) is 7. The second-order valence-corrected chi connectivity index (χ2v) is 7.06. The molecule has 0 atom stereocenters. The van der Waals surface area contributed by atoms with E-state index in [4.69, 9.17) is 18.7 Å². The van der Waals surface area contributed by atoms with Crippen molar-refractivity contribution in [2.45, 2.75) is 13.2 Å². The van der Waals surface area contributed by atoms with E-state index in [1.54, 1.807) is 50.6 Å². The van der Waals surface area contributed by atoms with Gasteiger partial charge in [-0.05, 0) is 35.9 Å². The minimum Gasteiger partial charge on any atom is -0.497 e. The van der Waals surface area contributed by atoms with Crippen molar-refractivity contribution in [3.8, 4) is 28.6 Å². The van der Waals surface area contributed by atoms with Crippen LogP contribution in [0, 0.1) is 0 Å². The smallest absolute Gasteiger partial charge is 0.251 e. The maximum atomic E-state index is 12.6. The molecular weight excluding hydrogens is 422 g/mol. The Morgan fingerprint density at radius 3 is 2.58 bits per heavy atom. The molecule has 33 heavy (non-hydrogen) atoms. The number of benzene rings is 3. The molecule has 168 valence electrons. The Labute approximate surface area is 191 Å². The molecule has 3 aromatic carbocycles. The van der Waals surface area contributed by atoms with Crippen molar-refractivity contribution >= 4 is 5.91 Å². The number of aromatic nitrogens is 2. The molecule has 0 spiro atoms. The Balaban J connectivity index is 1.37. The summed E-state index contributed by atoms with van der Waals surface area (Å²) in [4.78, 5) is 17.0. The molecular formula is C25H23N3O5. The lowest BCUT2D eigenvalue weighted by Crippen LogP contribution is -2.22. The number of methoxy groups -OCH3 is 2. The van der Waals surface area contributed by atoms with Crippen LogP contribution in [-0.4, -0.2) is 30.3 Å². The van der Waals surface area contributed by atoms with Gasteiger partial charge in [0.25, 0.3) is 5.91 Å². The van der Waals surface area contributed by atoms with Crippen LogP contribution in [-0.2, 0) is 13.2 Å². The zero-order chi connectivity index (χ0) is 23.0. The maximum Gasteiger partial charge on any atom is 0.251 e. The second-order valence-electron chi connectivity index (χ2n) is 7.06. The van der Waals surface area contributed by atoms with E-state index in [1.807, 2.05) is 36.4 Å². The van der Waals surface area contributed by atoms with Crippen LogP contribution < -0.4 is 19.5 Å². The Bertz CT molecular complexity index is 1220. The van der Waals surface area contributed by atoms with Gasteiger partial charge in [-0.1, -0.05) is 41.6 Å². The number of nitrogens with one attached hydrogen (secondary N) is 1. The molecule has 0 fully saturated rings. The molecule has 0 aliphatic rings. The van der Waals surface area contributed by atoms with Crippen molar-refractivity contribution in [2.75, 3.05) is 14.2 Å². The van der Waals surface area contributed by atoms with Crippen LogP contribution >= 0.6 is 0 Å². The van der Waals surface area contributed by atoms with E-state index in [-0.39, 0.29) is 18.3 Å². The first kappa shape index (κ1) is 21.9. The monoisotopic (exact) mass is 445 g/mol. The number of ether oxygens (including phenoxy) is 3. The van der Waals surface area contributed by atoms with Crippen LogP contribution in [0.4, 0.5) is 0 Å². The Kier molecular flexibility index (Phi) is 6.84. The first-order chi connectivity index (χ1) is 16.2. The van der Waals surface area contributed by atoms with Gasteiger partial charge in [0, 0.05) is 11.6 Å². The Morgan fingerprint density at radius 1 is 0.939 bits per heavy atom. The zero-order valence-corrected chi connectivity index (χ0v) is 18.3. The average Bonchev–Trinajstić information content (AvgIpc) is 3.35. The minimum absolute atomic E-state index is 0.0827. The third-order valence-electron chi connectivity index (χ3n) is 4.86. The number of carbonyl (C=O) groups excluding carboxylic acids is 1. The molecule has 0 aliphatic carbocycles. The standard InChI is InChI=1S/C25H23N3O5/c1-30-19-11-12-21(22(14-19)31-2)24-27-23(33-28-24)15-26-25(29)18-9-6-10-20(13-18)32-16-17-7-4-3-5-8-17/h3-14H,15-16H2,1-2H3,(H,26,29). The van der Waals surface area contributed by atoms with Crippen LogP contribution in [0.15, 0.2) is 77.3 Å². The minimum atomic E-state index is -0.276. The fraction of sp³-hybridized carbons (Fsp3) is 0.160. The van der Waals surface area contributed by atoms with Gasteiger partial charge in [-0.25, -0.2) is 0 Å². The fourth-order valence-corrected chi connectivity index (χ4v) is 3.15. The molecule has 0 bridgehead atoms. The molecule has 4 rings (SSSR count). The molecule has 0 saturated heterocycles. The van der Waals surface area contributed by atoms with Gasteiger partial charge >= 0.3 is 0 Å². The van der Waals surface area contributed by atoms with E-state index in [2.05, 4.69) is 15.5 Å². The summed E-state index contributed by atoms with van der Waals surface area (Å²) in [6.45, 7) is 0.505. The summed E-state index contributed by atoms with van der Waals surface area (Å²) in [7, 11) is 3.13. The first-order valence-corrected chi connectivity index (χ1v) is 10.3. The van der Waals surface area contributed by atoms with Gasteiger partial charge in [-0.15, -0.1) is 0 Å². The molecule has 1 aromatic heterocycles. The Morgan fingerprint density at radius 2 is 1.79 bits per heavy atom. The average molecular weight is 445 g/mol. The molecule has 8 nitrogen and oxygen atoms in total. The zero-order valence-electron chi connectivity index (χ0n) is 18.3. The van der Waals surface area contributed by atoms with E-state index in [0.29, 0.717) is 40.8 Å². The van der Waals surface area contributed by atoms with Gasteiger partial charge in [0.2, 0.25) is 11.7 Å². The van der Waals surface area contributed by atoms with Crippen molar-refractivity contribution in [2.24, 2.45) is 0 Å². The molecule has 0 aliphatic heterocycles. The van der Waals surface area contributed by atoms with Crippen molar-refractivity contribution in [1.82, 2.24) is 15.5 Å². The second kappa shape index (κ2) is 10.3. The third-order valence-corrected chi connectivity index (χ3v) is 4.86. The van der Waals surface area contributed by atoms with Gasteiger partial charge in [0.1, 0.15) is 23.9 Å². The summed E-state index contributed by atoms with van der Waals surface area (Å²) in [5, 5.41) is 6.78. The number of nitrogens with zero attached hydrogens (tertiary/aromatic N) is 2. The third kappa shape index (κ3) is 5.48.